The van der Waals surface area contributed by atoms with Crippen LogP contribution in [0.3, 0.4) is 0 Å². The molecule has 1 amide bonds. The first-order chi connectivity index (χ1) is 13.4. The van der Waals surface area contributed by atoms with Gasteiger partial charge in [-0.05, 0) is 44.2 Å². The van der Waals surface area contributed by atoms with Gasteiger partial charge in [0.05, 0.1) is 12.2 Å². The molecule has 0 unspecified atom stereocenters. The molecule has 7 nitrogen and oxygen atoms in total. The first kappa shape index (κ1) is 18.1. The van der Waals surface area contributed by atoms with Gasteiger partial charge >= 0.3 is 0 Å². The molecule has 1 aliphatic heterocycles. The van der Waals surface area contributed by atoms with Gasteiger partial charge in [-0.3, -0.25) is 9.59 Å². The summed E-state index contributed by atoms with van der Waals surface area (Å²) < 4.78 is 16.4. The molecule has 0 aliphatic carbocycles. The average molecular weight is 381 g/mol. The zero-order valence-corrected chi connectivity index (χ0v) is 15.7. The fourth-order valence-electron chi connectivity index (χ4n) is 3.44. The third-order valence-corrected chi connectivity index (χ3v) is 4.83. The molecule has 0 bridgehead atoms. The minimum Gasteiger partial charge on any atom is -0.338 e. The second-order valence-corrected chi connectivity index (χ2v) is 7.14. The molecule has 8 heteroatoms. The van der Waals surface area contributed by atoms with E-state index in [1.165, 1.54) is 28.9 Å². The number of aryl methyl sites for hydroxylation is 2. The molecule has 3 aromatic rings. The predicted molar refractivity (Wildman–Crippen MR) is 101 cm³/mol. The summed E-state index contributed by atoms with van der Waals surface area (Å²) in [5.74, 6) is 0.0720. The molecule has 1 fully saturated rings. The summed E-state index contributed by atoms with van der Waals surface area (Å²) in [7, 11) is 0. The van der Waals surface area contributed by atoms with E-state index >= 15 is 0 Å². The highest BCUT2D eigenvalue weighted by Gasteiger charge is 2.32. The van der Waals surface area contributed by atoms with Crippen LogP contribution in [0.5, 0.6) is 0 Å². The maximum absolute atomic E-state index is 13.3. The van der Waals surface area contributed by atoms with E-state index in [9.17, 15) is 14.0 Å². The van der Waals surface area contributed by atoms with Crippen molar-refractivity contribution in [1.29, 1.82) is 0 Å². The normalized spacial score (nSPS) is 14.2. The van der Waals surface area contributed by atoms with Crippen molar-refractivity contribution in [2.24, 2.45) is 5.92 Å². The zero-order chi connectivity index (χ0) is 19.8. The van der Waals surface area contributed by atoms with E-state index in [0.717, 1.165) is 11.4 Å². The molecule has 0 spiro atoms. The van der Waals surface area contributed by atoms with Crippen molar-refractivity contribution in [1.82, 2.24) is 24.5 Å². The fourth-order valence-corrected chi connectivity index (χ4v) is 3.44. The van der Waals surface area contributed by atoms with Gasteiger partial charge in [-0.2, -0.15) is 5.10 Å². The molecule has 1 aliphatic rings. The van der Waals surface area contributed by atoms with E-state index in [-0.39, 0.29) is 17.4 Å². The van der Waals surface area contributed by atoms with Gasteiger partial charge in [-0.15, -0.1) is 5.10 Å². The van der Waals surface area contributed by atoms with Gasteiger partial charge in [0, 0.05) is 36.3 Å². The Balaban J connectivity index is 1.45. The molecule has 0 atom stereocenters. The number of halogens is 1. The Morgan fingerprint density at radius 2 is 1.93 bits per heavy atom. The van der Waals surface area contributed by atoms with Crippen LogP contribution >= 0.6 is 0 Å². The summed E-state index contributed by atoms with van der Waals surface area (Å²) in [6.45, 7) is 5.26. The van der Waals surface area contributed by atoms with Gasteiger partial charge in [0.25, 0.3) is 11.5 Å². The van der Waals surface area contributed by atoms with Crippen molar-refractivity contribution >= 4 is 5.91 Å². The number of amides is 1. The molecule has 0 saturated carbocycles. The predicted octanol–water partition coefficient (Wildman–Crippen LogP) is 1.96. The topological polar surface area (TPSA) is 73.0 Å². The van der Waals surface area contributed by atoms with Crippen LogP contribution in [0.4, 0.5) is 4.39 Å². The summed E-state index contributed by atoms with van der Waals surface area (Å²) in [5, 5.41) is 8.83. The molecule has 4 rings (SSSR count). The fraction of sp³-hybridized carbons (Fsp3) is 0.300. The van der Waals surface area contributed by atoms with Crippen molar-refractivity contribution in [3.63, 3.8) is 0 Å². The molecular weight excluding hydrogens is 361 g/mol. The molecule has 1 saturated heterocycles. The van der Waals surface area contributed by atoms with E-state index in [4.69, 9.17) is 0 Å². The first-order valence-corrected chi connectivity index (χ1v) is 9.07. The number of aromatic nitrogens is 4. The van der Waals surface area contributed by atoms with Gasteiger partial charge in [-0.25, -0.2) is 13.8 Å². The van der Waals surface area contributed by atoms with Crippen LogP contribution in [-0.2, 0) is 6.54 Å². The van der Waals surface area contributed by atoms with E-state index in [2.05, 4.69) is 10.2 Å². The second kappa shape index (κ2) is 7.03. The smallest absolute Gasteiger partial charge is 0.266 e. The molecule has 28 heavy (non-hydrogen) atoms. The molecule has 144 valence electrons. The number of nitrogens with zero attached hydrogens (tertiary/aromatic N) is 5. The molecule has 3 heterocycles. The van der Waals surface area contributed by atoms with Crippen molar-refractivity contribution in [3.05, 3.63) is 75.6 Å². The quantitative estimate of drug-likeness (QED) is 0.693. The van der Waals surface area contributed by atoms with Gasteiger partial charge < -0.3 is 4.90 Å². The van der Waals surface area contributed by atoms with E-state index in [0.29, 0.717) is 31.0 Å². The number of hydrogen-bond acceptors (Lipinski definition) is 4. The minimum atomic E-state index is -0.431. The van der Waals surface area contributed by atoms with Crippen LogP contribution in [0.2, 0.25) is 0 Å². The number of benzene rings is 1. The van der Waals surface area contributed by atoms with Crippen LogP contribution in [0.25, 0.3) is 5.82 Å². The minimum absolute atomic E-state index is 0.124. The summed E-state index contributed by atoms with van der Waals surface area (Å²) in [6, 6.07) is 10.7. The summed E-state index contributed by atoms with van der Waals surface area (Å²) >= 11 is 0. The zero-order valence-electron chi connectivity index (χ0n) is 15.7. The lowest BCUT2D eigenvalue weighted by atomic mass is 9.99. The van der Waals surface area contributed by atoms with Crippen molar-refractivity contribution in [2.45, 2.75) is 20.4 Å². The van der Waals surface area contributed by atoms with Gasteiger partial charge in [-0.1, -0.05) is 6.07 Å². The van der Waals surface area contributed by atoms with Crippen molar-refractivity contribution < 1.29 is 9.18 Å². The Labute approximate surface area is 161 Å². The van der Waals surface area contributed by atoms with Gasteiger partial charge in [0.15, 0.2) is 5.82 Å². The number of likely N-dealkylation sites (tertiary alicyclic amines) is 1. The van der Waals surface area contributed by atoms with Crippen LogP contribution < -0.4 is 5.56 Å². The molecule has 0 radical (unpaired) electrons. The molecule has 2 aromatic heterocycles. The number of carbonyl (C=O) groups excluding carboxylic acids is 1. The highest BCUT2D eigenvalue weighted by molar-refractivity contribution is 5.94. The first-order valence-electron chi connectivity index (χ1n) is 9.07. The summed E-state index contributed by atoms with van der Waals surface area (Å²) in [4.78, 5) is 26.2. The van der Waals surface area contributed by atoms with E-state index < -0.39 is 5.82 Å². The summed E-state index contributed by atoms with van der Waals surface area (Å²) in [6.07, 6.45) is 0. The molecule has 1 aromatic carbocycles. The van der Waals surface area contributed by atoms with Crippen molar-refractivity contribution in [2.75, 3.05) is 13.1 Å². The SMILES string of the molecule is Cc1cc(C)n(-c2ccc(=O)n(CC3CN(C(=O)c4cccc(F)c4)C3)n2)n1. The van der Waals surface area contributed by atoms with Gasteiger partial charge in [0.1, 0.15) is 5.82 Å². The molecule has 0 N–H and O–H groups in total. The van der Waals surface area contributed by atoms with Crippen LogP contribution in [-0.4, -0.2) is 43.5 Å². The highest BCUT2D eigenvalue weighted by Crippen LogP contribution is 2.20. The Morgan fingerprint density at radius 1 is 1.14 bits per heavy atom. The Morgan fingerprint density at radius 3 is 2.61 bits per heavy atom. The molecular formula is C20H20FN5O2. The maximum Gasteiger partial charge on any atom is 0.266 e. The third-order valence-electron chi connectivity index (χ3n) is 4.83. The van der Waals surface area contributed by atoms with E-state index in [1.54, 1.807) is 21.7 Å². The van der Waals surface area contributed by atoms with E-state index in [1.807, 2.05) is 19.9 Å². The average Bonchev–Trinajstić information content (AvgIpc) is 2.97. The largest absolute Gasteiger partial charge is 0.338 e. The highest BCUT2D eigenvalue weighted by atomic mass is 19.1. The van der Waals surface area contributed by atoms with Crippen LogP contribution in [0.15, 0.2) is 47.3 Å². The maximum atomic E-state index is 13.3. The summed E-state index contributed by atoms with van der Waals surface area (Å²) in [5.41, 5.74) is 1.95. The third kappa shape index (κ3) is 3.45. The lowest BCUT2D eigenvalue weighted by Gasteiger charge is -2.39. The monoisotopic (exact) mass is 381 g/mol. The number of carbonyl (C=O) groups is 1. The standard InChI is InChI=1S/C20H20FN5O2/c1-13-8-14(2)26(22-13)18-6-7-19(27)25(23-18)12-15-10-24(11-15)20(28)16-4-3-5-17(21)9-16/h3-9,15H,10-12H2,1-2H3. The van der Waals surface area contributed by atoms with Crippen LogP contribution in [0, 0.1) is 25.6 Å². The van der Waals surface area contributed by atoms with Gasteiger partial charge in [0.2, 0.25) is 0 Å². The second-order valence-electron chi connectivity index (χ2n) is 7.14. The Hall–Kier alpha value is -3.29. The Kier molecular flexibility index (Phi) is 4.54. The Bertz CT molecular complexity index is 1100. The van der Waals surface area contributed by atoms with Crippen molar-refractivity contribution in [3.8, 4) is 5.82 Å². The number of hydrogen-bond donors (Lipinski definition) is 0. The lowest BCUT2D eigenvalue weighted by Crippen LogP contribution is -2.52. The lowest BCUT2D eigenvalue weighted by molar-refractivity contribution is 0.0458. The van der Waals surface area contributed by atoms with Crippen LogP contribution in [0.1, 0.15) is 21.7 Å². The number of rotatable bonds is 4.